The van der Waals surface area contributed by atoms with Gasteiger partial charge in [-0.1, -0.05) is 12.1 Å². The molecule has 0 amide bonds. The Morgan fingerprint density at radius 1 is 1.50 bits per heavy atom. The second kappa shape index (κ2) is 3.63. The average molecular weight is 182 g/mol. The number of aromatic carboxylic acids is 1. The summed E-state index contributed by atoms with van der Waals surface area (Å²) < 4.78 is 0. The number of rotatable bonds is 2. The van der Waals surface area contributed by atoms with Gasteiger partial charge in [-0.2, -0.15) is 0 Å². The van der Waals surface area contributed by atoms with Gasteiger partial charge in [0.2, 0.25) is 0 Å². The standard InChI is InChI=1S/C9H10O2S/c1-6-4-3-5-7(12-2)8(6)9(10)11/h3-5H,1-2H3,(H,10,11). The van der Waals surface area contributed by atoms with Crippen LogP contribution in [-0.4, -0.2) is 17.3 Å². The minimum atomic E-state index is -0.850. The lowest BCUT2D eigenvalue weighted by Gasteiger charge is -2.04. The molecule has 0 aliphatic rings. The summed E-state index contributed by atoms with van der Waals surface area (Å²) in [6.07, 6.45) is 1.88. The summed E-state index contributed by atoms with van der Waals surface area (Å²) in [7, 11) is 0. The second-order valence-corrected chi connectivity index (χ2v) is 3.31. The van der Waals surface area contributed by atoms with Gasteiger partial charge < -0.3 is 5.11 Å². The van der Waals surface area contributed by atoms with E-state index >= 15 is 0 Å². The van der Waals surface area contributed by atoms with E-state index in [1.54, 1.807) is 0 Å². The van der Waals surface area contributed by atoms with Crippen molar-refractivity contribution < 1.29 is 9.90 Å². The van der Waals surface area contributed by atoms with Crippen LogP contribution in [0.3, 0.4) is 0 Å². The second-order valence-electron chi connectivity index (χ2n) is 2.46. The van der Waals surface area contributed by atoms with Crippen molar-refractivity contribution in [3.8, 4) is 0 Å². The van der Waals surface area contributed by atoms with Crippen molar-refractivity contribution in [1.29, 1.82) is 0 Å². The molecule has 0 aliphatic carbocycles. The molecule has 1 aromatic rings. The third-order valence-corrected chi connectivity index (χ3v) is 2.45. The molecule has 0 heterocycles. The molecule has 0 fully saturated rings. The van der Waals surface area contributed by atoms with Crippen molar-refractivity contribution >= 4 is 17.7 Å². The monoisotopic (exact) mass is 182 g/mol. The topological polar surface area (TPSA) is 37.3 Å². The number of carboxylic acid groups (broad SMARTS) is 1. The van der Waals surface area contributed by atoms with E-state index in [1.165, 1.54) is 11.8 Å². The summed E-state index contributed by atoms with van der Waals surface area (Å²) in [4.78, 5) is 11.6. The zero-order chi connectivity index (χ0) is 9.14. The maximum absolute atomic E-state index is 10.8. The summed E-state index contributed by atoms with van der Waals surface area (Å²) in [6.45, 7) is 1.81. The lowest BCUT2D eigenvalue weighted by molar-refractivity contribution is 0.0692. The van der Waals surface area contributed by atoms with Crippen LogP contribution in [0.5, 0.6) is 0 Å². The van der Waals surface area contributed by atoms with Gasteiger partial charge in [-0.15, -0.1) is 11.8 Å². The summed E-state index contributed by atoms with van der Waals surface area (Å²) in [5, 5.41) is 8.86. The summed E-state index contributed by atoms with van der Waals surface area (Å²) in [6, 6.07) is 5.50. The molecule has 0 aliphatic heterocycles. The van der Waals surface area contributed by atoms with E-state index in [9.17, 15) is 4.79 Å². The molecule has 0 aromatic heterocycles. The van der Waals surface area contributed by atoms with Gasteiger partial charge >= 0.3 is 5.97 Å². The van der Waals surface area contributed by atoms with Crippen LogP contribution in [0.2, 0.25) is 0 Å². The van der Waals surface area contributed by atoms with Crippen molar-refractivity contribution in [2.45, 2.75) is 11.8 Å². The number of hydrogen-bond donors (Lipinski definition) is 1. The first-order chi connectivity index (χ1) is 5.66. The molecular weight excluding hydrogens is 172 g/mol. The first kappa shape index (κ1) is 9.13. The van der Waals surface area contributed by atoms with Crippen molar-refractivity contribution in [3.63, 3.8) is 0 Å². The quantitative estimate of drug-likeness (QED) is 0.714. The Bertz CT molecular complexity index is 307. The molecule has 0 bridgehead atoms. The highest BCUT2D eigenvalue weighted by Crippen LogP contribution is 2.22. The van der Waals surface area contributed by atoms with Crippen molar-refractivity contribution in [2.24, 2.45) is 0 Å². The fraction of sp³-hybridized carbons (Fsp3) is 0.222. The van der Waals surface area contributed by atoms with Crippen LogP contribution >= 0.6 is 11.8 Å². The van der Waals surface area contributed by atoms with Gasteiger partial charge in [0.25, 0.3) is 0 Å². The van der Waals surface area contributed by atoms with Crippen molar-refractivity contribution in [2.75, 3.05) is 6.26 Å². The number of hydrogen-bond acceptors (Lipinski definition) is 2. The molecule has 0 radical (unpaired) electrons. The predicted octanol–water partition coefficient (Wildman–Crippen LogP) is 2.42. The number of carboxylic acids is 1. The van der Waals surface area contributed by atoms with Crippen LogP contribution in [0.4, 0.5) is 0 Å². The maximum atomic E-state index is 10.8. The summed E-state index contributed by atoms with van der Waals surface area (Å²) in [5.41, 5.74) is 1.24. The van der Waals surface area contributed by atoms with Gasteiger partial charge in [0, 0.05) is 4.90 Å². The fourth-order valence-electron chi connectivity index (χ4n) is 1.09. The minimum absolute atomic E-state index is 0.421. The molecule has 0 atom stereocenters. The zero-order valence-corrected chi connectivity index (χ0v) is 7.81. The van der Waals surface area contributed by atoms with Crippen LogP contribution in [-0.2, 0) is 0 Å². The molecule has 1 aromatic carbocycles. The fourth-order valence-corrected chi connectivity index (χ4v) is 1.75. The van der Waals surface area contributed by atoms with E-state index in [1.807, 2.05) is 31.4 Å². The molecule has 0 spiro atoms. The first-order valence-corrected chi connectivity index (χ1v) is 4.76. The van der Waals surface area contributed by atoms with E-state index < -0.39 is 5.97 Å². The molecule has 12 heavy (non-hydrogen) atoms. The van der Waals surface area contributed by atoms with E-state index in [0.717, 1.165) is 10.5 Å². The molecule has 64 valence electrons. The van der Waals surface area contributed by atoms with Crippen LogP contribution in [0.15, 0.2) is 23.1 Å². The Morgan fingerprint density at radius 2 is 2.17 bits per heavy atom. The lowest BCUT2D eigenvalue weighted by atomic mass is 10.1. The van der Waals surface area contributed by atoms with Gasteiger partial charge in [0.1, 0.15) is 0 Å². The van der Waals surface area contributed by atoms with Gasteiger partial charge in [-0.05, 0) is 24.8 Å². The molecule has 0 saturated carbocycles. The predicted molar refractivity (Wildman–Crippen MR) is 49.9 cm³/mol. The van der Waals surface area contributed by atoms with Crippen LogP contribution in [0.1, 0.15) is 15.9 Å². The highest BCUT2D eigenvalue weighted by Gasteiger charge is 2.11. The largest absolute Gasteiger partial charge is 0.478 e. The summed E-state index contributed by atoms with van der Waals surface area (Å²) >= 11 is 1.46. The molecule has 1 rings (SSSR count). The van der Waals surface area contributed by atoms with E-state index in [2.05, 4.69) is 0 Å². The SMILES string of the molecule is CSc1cccc(C)c1C(=O)O. The number of aryl methyl sites for hydroxylation is 1. The Labute approximate surface area is 75.6 Å². The normalized spacial score (nSPS) is 9.83. The summed E-state index contributed by atoms with van der Waals surface area (Å²) in [5.74, 6) is -0.850. The third kappa shape index (κ3) is 1.61. The van der Waals surface area contributed by atoms with Gasteiger partial charge in [0.05, 0.1) is 5.56 Å². The third-order valence-electron chi connectivity index (χ3n) is 1.67. The van der Waals surface area contributed by atoms with E-state index in [-0.39, 0.29) is 0 Å². The van der Waals surface area contributed by atoms with E-state index in [4.69, 9.17) is 5.11 Å². The lowest BCUT2D eigenvalue weighted by Crippen LogP contribution is -2.01. The average Bonchev–Trinajstić information content (AvgIpc) is 2.03. The molecule has 0 saturated heterocycles. The smallest absolute Gasteiger partial charge is 0.337 e. The van der Waals surface area contributed by atoms with Gasteiger partial charge in [-0.25, -0.2) is 4.79 Å². The molecule has 3 heteroatoms. The first-order valence-electron chi connectivity index (χ1n) is 3.53. The Kier molecular flexibility index (Phi) is 2.76. The van der Waals surface area contributed by atoms with Gasteiger partial charge in [-0.3, -0.25) is 0 Å². The molecule has 0 unspecified atom stereocenters. The Morgan fingerprint density at radius 3 is 2.58 bits per heavy atom. The Balaban J connectivity index is 3.29. The van der Waals surface area contributed by atoms with Gasteiger partial charge in [0.15, 0.2) is 0 Å². The van der Waals surface area contributed by atoms with Crippen LogP contribution < -0.4 is 0 Å². The zero-order valence-electron chi connectivity index (χ0n) is 7.00. The van der Waals surface area contributed by atoms with Crippen LogP contribution in [0.25, 0.3) is 0 Å². The molecule has 1 N–H and O–H groups in total. The van der Waals surface area contributed by atoms with E-state index in [0.29, 0.717) is 5.56 Å². The van der Waals surface area contributed by atoms with Crippen LogP contribution in [0, 0.1) is 6.92 Å². The van der Waals surface area contributed by atoms with Crippen molar-refractivity contribution in [3.05, 3.63) is 29.3 Å². The highest BCUT2D eigenvalue weighted by molar-refractivity contribution is 7.98. The Hall–Kier alpha value is -0.960. The number of carbonyl (C=O) groups is 1. The highest BCUT2D eigenvalue weighted by atomic mass is 32.2. The molecule has 2 nitrogen and oxygen atoms in total. The van der Waals surface area contributed by atoms with Crippen molar-refractivity contribution in [1.82, 2.24) is 0 Å². The molecular formula is C9H10O2S. The number of benzene rings is 1. The number of thioether (sulfide) groups is 1. The minimum Gasteiger partial charge on any atom is -0.478 e. The maximum Gasteiger partial charge on any atom is 0.337 e.